The number of amides is 3. The first-order chi connectivity index (χ1) is 11.7. The molecule has 0 saturated carbocycles. The Hall–Kier alpha value is -2.77. The number of carbonyl (C=O) groups is 3. The average Bonchev–Trinajstić information content (AvgIpc) is 2.54. The summed E-state index contributed by atoms with van der Waals surface area (Å²) in [5.74, 6) is 3.69. The van der Waals surface area contributed by atoms with Crippen LogP contribution in [-0.2, 0) is 23.9 Å². The molecule has 0 aromatic carbocycles. The van der Waals surface area contributed by atoms with Gasteiger partial charge in [-0.05, 0) is 18.6 Å². The van der Waals surface area contributed by atoms with Crippen molar-refractivity contribution < 1.29 is 27.0 Å². The van der Waals surface area contributed by atoms with Crippen LogP contribution < -0.4 is 10.6 Å². The molecule has 1 aliphatic heterocycles. The second-order valence-corrected chi connectivity index (χ2v) is 6.82. The summed E-state index contributed by atoms with van der Waals surface area (Å²) in [6.45, 7) is -0.281. The second kappa shape index (κ2) is 7.87. The number of nitrogens with one attached hydrogen (secondary N) is 2. The minimum Gasteiger partial charge on any atom is -0.339 e. The highest BCUT2D eigenvalue weighted by molar-refractivity contribution is 7.86. The lowest BCUT2D eigenvalue weighted by Crippen LogP contribution is -2.52. The van der Waals surface area contributed by atoms with Gasteiger partial charge in [-0.25, -0.2) is 4.98 Å². The molecule has 9 nitrogen and oxygen atoms in total. The van der Waals surface area contributed by atoms with E-state index >= 15 is 0 Å². The maximum absolute atomic E-state index is 12.1. The number of carbonyl (C=O) groups excluding carboxylic acids is 3. The largest absolute Gasteiger partial charge is 0.339 e. The van der Waals surface area contributed by atoms with Crippen LogP contribution in [0.25, 0.3) is 0 Å². The summed E-state index contributed by atoms with van der Waals surface area (Å²) in [6, 6.07) is 2.17. The van der Waals surface area contributed by atoms with E-state index in [4.69, 9.17) is 0 Å². The Balaban J connectivity index is 1.93. The van der Waals surface area contributed by atoms with Crippen LogP contribution in [0.2, 0.25) is 0 Å². The summed E-state index contributed by atoms with van der Waals surface area (Å²) in [5.41, 5.74) is 0.553. The monoisotopic (exact) mass is 365 g/mol. The van der Waals surface area contributed by atoms with Crippen molar-refractivity contribution in [2.24, 2.45) is 0 Å². The molecular weight excluding hydrogens is 350 g/mol. The van der Waals surface area contributed by atoms with Crippen LogP contribution in [-0.4, -0.2) is 50.0 Å². The highest BCUT2D eigenvalue weighted by Crippen LogP contribution is 2.06. The Morgan fingerprint density at radius 3 is 2.80 bits per heavy atom. The van der Waals surface area contributed by atoms with Crippen molar-refractivity contribution in [3.05, 3.63) is 29.6 Å². The van der Waals surface area contributed by atoms with E-state index < -0.39 is 28.0 Å². The maximum Gasteiger partial charge on any atom is 0.270 e. The van der Waals surface area contributed by atoms with Crippen LogP contribution in [0, 0.1) is 11.8 Å². The second-order valence-electron chi connectivity index (χ2n) is 5.18. The van der Waals surface area contributed by atoms with Crippen molar-refractivity contribution in [2.45, 2.75) is 18.9 Å². The Morgan fingerprint density at radius 2 is 2.20 bits per heavy atom. The van der Waals surface area contributed by atoms with Crippen LogP contribution in [0.1, 0.15) is 28.9 Å². The SMILES string of the molecule is CS(=O)(=O)OCC#Cc1ccc(C(=O)NC2CCC(=O)NC2=O)nc1. The lowest BCUT2D eigenvalue weighted by atomic mass is 10.1. The zero-order valence-electron chi connectivity index (χ0n) is 13.2. The molecule has 2 N–H and O–H groups in total. The van der Waals surface area contributed by atoms with Crippen LogP contribution in [0.4, 0.5) is 0 Å². The molecule has 10 heteroatoms. The molecule has 1 aromatic heterocycles. The van der Waals surface area contributed by atoms with Gasteiger partial charge in [-0.2, -0.15) is 8.42 Å². The van der Waals surface area contributed by atoms with Gasteiger partial charge < -0.3 is 5.32 Å². The number of imide groups is 1. The average molecular weight is 365 g/mol. The molecule has 1 atom stereocenters. The van der Waals surface area contributed by atoms with E-state index in [1.165, 1.54) is 18.3 Å². The van der Waals surface area contributed by atoms with Crippen molar-refractivity contribution in [3.63, 3.8) is 0 Å². The van der Waals surface area contributed by atoms with Crippen LogP contribution in [0.15, 0.2) is 18.3 Å². The third-order valence-electron chi connectivity index (χ3n) is 3.12. The summed E-state index contributed by atoms with van der Waals surface area (Å²) in [7, 11) is -3.54. The van der Waals surface area contributed by atoms with Gasteiger partial charge in [-0.1, -0.05) is 11.8 Å². The minimum atomic E-state index is -3.54. The lowest BCUT2D eigenvalue weighted by Gasteiger charge is -2.21. The van der Waals surface area contributed by atoms with Crippen molar-refractivity contribution in [2.75, 3.05) is 12.9 Å². The van der Waals surface area contributed by atoms with E-state index in [1.807, 2.05) is 0 Å². The van der Waals surface area contributed by atoms with Gasteiger partial charge in [-0.15, -0.1) is 0 Å². The number of pyridine rings is 1. The van der Waals surface area contributed by atoms with Gasteiger partial charge in [0.15, 0.2) is 0 Å². The predicted octanol–water partition coefficient (Wildman–Crippen LogP) is -1.06. The van der Waals surface area contributed by atoms with Gasteiger partial charge >= 0.3 is 0 Å². The number of hydrogen-bond acceptors (Lipinski definition) is 7. The summed E-state index contributed by atoms with van der Waals surface area (Å²) in [4.78, 5) is 38.7. The van der Waals surface area contributed by atoms with Crippen LogP contribution in [0.3, 0.4) is 0 Å². The number of hydrogen-bond donors (Lipinski definition) is 2. The smallest absolute Gasteiger partial charge is 0.270 e. The van der Waals surface area contributed by atoms with Crippen LogP contribution in [0.5, 0.6) is 0 Å². The third kappa shape index (κ3) is 5.98. The topological polar surface area (TPSA) is 132 Å². The van der Waals surface area contributed by atoms with Gasteiger partial charge in [0, 0.05) is 18.2 Å². The molecule has 1 unspecified atom stereocenters. The lowest BCUT2D eigenvalue weighted by molar-refractivity contribution is -0.134. The molecule has 3 amide bonds. The molecule has 132 valence electrons. The van der Waals surface area contributed by atoms with Gasteiger partial charge in [0.05, 0.1) is 6.26 Å². The van der Waals surface area contributed by atoms with Crippen molar-refractivity contribution >= 4 is 27.8 Å². The first-order valence-electron chi connectivity index (χ1n) is 7.18. The van der Waals surface area contributed by atoms with Crippen LogP contribution >= 0.6 is 0 Å². The summed E-state index contributed by atoms with van der Waals surface area (Å²) in [6.07, 6.45) is 2.66. The van der Waals surface area contributed by atoms with E-state index in [9.17, 15) is 22.8 Å². The highest BCUT2D eigenvalue weighted by Gasteiger charge is 2.28. The Kier molecular flexibility index (Phi) is 5.84. The maximum atomic E-state index is 12.1. The van der Waals surface area contributed by atoms with E-state index in [0.717, 1.165) is 6.26 Å². The highest BCUT2D eigenvalue weighted by atomic mass is 32.2. The predicted molar refractivity (Wildman–Crippen MR) is 85.5 cm³/mol. The number of aromatic nitrogens is 1. The molecule has 1 aliphatic rings. The molecule has 2 heterocycles. The number of piperidine rings is 1. The van der Waals surface area contributed by atoms with Gasteiger partial charge in [-0.3, -0.25) is 23.9 Å². The summed E-state index contributed by atoms with van der Waals surface area (Å²) < 4.78 is 26.0. The molecule has 0 aliphatic carbocycles. The molecule has 2 rings (SSSR count). The third-order valence-corrected chi connectivity index (χ3v) is 3.66. The first-order valence-corrected chi connectivity index (χ1v) is 9.00. The zero-order chi connectivity index (χ0) is 18.4. The minimum absolute atomic E-state index is 0.0858. The van der Waals surface area contributed by atoms with E-state index in [-0.39, 0.29) is 31.0 Å². The molecule has 0 spiro atoms. The quantitative estimate of drug-likeness (QED) is 0.395. The molecule has 0 radical (unpaired) electrons. The fraction of sp³-hybridized carbons (Fsp3) is 0.333. The Bertz CT molecular complexity index is 851. The normalized spacial score (nSPS) is 17.2. The van der Waals surface area contributed by atoms with Gasteiger partial charge in [0.25, 0.3) is 16.0 Å². The number of rotatable bonds is 4. The molecular formula is C15H15N3O6S. The Labute approximate surface area is 144 Å². The fourth-order valence-electron chi connectivity index (χ4n) is 1.94. The summed E-state index contributed by atoms with van der Waals surface area (Å²) >= 11 is 0. The molecule has 25 heavy (non-hydrogen) atoms. The zero-order valence-corrected chi connectivity index (χ0v) is 14.1. The molecule has 1 fully saturated rings. The molecule has 0 bridgehead atoms. The van der Waals surface area contributed by atoms with Gasteiger partial charge in [0.2, 0.25) is 11.8 Å². The van der Waals surface area contributed by atoms with E-state index in [0.29, 0.717) is 5.56 Å². The van der Waals surface area contributed by atoms with E-state index in [2.05, 4.69) is 31.6 Å². The van der Waals surface area contributed by atoms with Gasteiger partial charge in [0.1, 0.15) is 18.3 Å². The summed E-state index contributed by atoms with van der Waals surface area (Å²) in [5, 5.41) is 4.65. The van der Waals surface area contributed by atoms with Crippen molar-refractivity contribution in [1.29, 1.82) is 0 Å². The van der Waals surface area contributed by atoms with Crippen molar-refractivity contribution in [1.82, 2.24) is 15.6 Å². The van der Waals surface area contributed by atoms with Crippen molar-refractivity contribution in [3.8, 4) is 11.8 Å². The van der Waals surface area contributed by atoms with E-state index in [1.54, 1.807) is 0 Å². The standard InChI is InChI=1S/C15H15N3O6S/c1-25(22,23)24-8-2-3-10-4-5-11(16-9-10)14(20)17-12-6-7-13(19)18-15(12)21/h4-5,9,12H,6-8H2,1H3,(H,17,20)(H,18,19,21). The molecule has 1 saturated heterocycles. The Morgan fingerprint density at radius 1 is 1.44 bits per heavy atom. The number of nitrogens with zero attached hydrogens (tertiary/aromatic N) is 1. The fourth-order valence-corrected chi connectivity index (χ4v) is 2.21. The first kappa shape index (κ1) is 18.6. The molecule has 1 aromatic rings.